The molecule has 1 saturated heterocycles. The van der Waals surface area contributed by atoms with Crippen LogP contribution in [0.2, 0.25) is 5.02 Å². The zero-order valence-electron chi connectivity index (χ0n) is 10.6. The predicted octanol–water partition coefficient (Wildman–Crippen LogP) is 4.31. The second-order valence-electron chi connectivity index (χ2n) is 4.78. The van der Waals surface area contributed by atoms with Crippen LogP contribution in [0, 0.1) is 11.6 Å². The lowest BCUT2D eigenvalue weighted by molar-refractivity contribution is -0.118. The Hall–Kier alpha value is -1.16. The number of nitrogens with zero attached hydrogens (tertiary/aromatic N) is 1. The van der Waals surface area contributed by atoms with E-state index in [1.165, 1.54) is 4.90 Å². The molecule has 0 spiro atoms. The quantitative estimate of drug-likeness (QED) is 0.705. The molecule has 1 aromatic rings. The van der Waals surface area contributed by atoms with Crippen LogP contribution < -0.4 is 4.90 Å². The molecule has 1 aliphatic heterocycles. The van der Waals surface area contributed by atoms with Crippen molar-refractivity contribution in [1.82, 2.24) is 0 Å². The van der Waals surface area contributed by atoms with E-state index in [1.807, 2.05) is 0 Å². The first kappa shape index (κ1) is 14.3. The van der Waals surface area contributed by atoms with E-state index in [2.05, 4.69) is 0 Å². The number of carbonyl (C=O) groups is 1. The molecule has 2 rings (SSSR count). The Bertz CT molecular complexity index is 479. The van der Waals surface area contributed by atoms with Crippen LogP contribution >= 0.6 is 11.6 Å². The van der Waals surface area contributed by atoms with Gasteiger partial charge in [-0.25, -0.2) is 8.78 Å². The number of anilines is 1. The summed E-state index contributed by atoms with van der Waals surface area (Å²) in [7, 11) is 0. The van der Waals surface area contributed by atoms with E-state index >= 15 is 0 Å². The van der Waals surface area contributed by atoms with Gasteiger partial charge in [-0.1, -0.05) is 30.9 Å². The topological polar surface area (TPSA) is 20.3 Å². The first-order chi connectivity index (χ1) is 9.09. The van der Waals surface area contributed by atoms with Crippen LogP contribution in [0.5, 0.6) is 0 Å². The number of halogens is 3. The summed E-state index contributed by atoms with van der Waals surface area (Å²) >= 11 is 5.93. The molecule has 1 heterocycles. The maximum absolute atomic E-state index is 13.3. The van der Waals surface area contributed by atoms with Crippen molar-refractivity contribution in [2.45, 2.75) is 38.5 Å². The third-order valence-corrected chi connectivity index (χ3v) is 3.66. The van der Waals surface area contributed by atoms with Crippen LogP contribution in [0.4, 0.5) is 14.5 Å². The van der Waals surface area contributed by atoms with Gasteiger partial charge in [0.2, 0.25) is 5.91 Å². The van der Waals surface area contributed by atoms with E-state index in [-0.39, 0.29) is 16.6 Å². The largest absolute Gasteiger partial charge is 0.311 e. The first-order valence-corrected chi connectivity index (χ1v) is 6.92. The Morgan fingerprint density at radius 3 is 2.42 bits per heavy atom. The summed E-state index contributed by atoms with van der Waals surface area (Å²) < 4.78 is 26.4. The van der Waals surface area contributed by atoms with Crippen molar-refractivity contribution < 1.29 is 13.6 Å². The van der Waals surface area contributed by atoms with Crippen molar-refractivity contribution >= 4 is 23.2 Å². The zero-order valence-corrected chi connectivity index (χ0v) is 11.3. The normalized spacial score (nSPS) is 17.8. The molecule has 0 aromatic heterocycles. The van der Waals surface area contributed by atoms with Crippen molar-refractivity contribution in [2.75, 3.05) is 11.4 Å². The predicted molar refractivity (Wildman–Crippen MR) is 71.4 cm³/mol. The summed E-state index contributed by atoms with van der Waals surface area (Å²) in [5.41, 5.74) is 0.271. The fourth-order valence-corrected chi connectivity index (χ4v) is 2.56. The fourth-order valence-electron chi connectivity index (χ4n) is 2.31. The Labute approximate surface area is 116 Å². The number of hydrogen-bond acceptors (Lipinski definition) is 1. The monoisotopic (exact) mass is 287 g/mol. The summed E-state index contributed by atoms with van der Waals surface area (Å²) in [6, 6.07) is 1.93. The van der Waals surface area contributed by atoms with Crippen molar-refractivity contribution in [3.63, 3.8) is 0 Å². The van der Waals surface area contributed by atoms with Gasteiger partial charge in [0.15, 0.2) is 11.6 Å². The lowest BCUT2D eigenvalue weighted by Crippen LogP contribution is -2.31. The molecule has 0 unspecified atom stereocenters. The third-order valence-electron chi connectivity index (χ3n) is 3.35. The molecular weight excluding hydrogens is 272 g/mol. The van der Waals surface area contributed by atoms with E-state index in [0.717, 1.165) is 44.2 Å². The van der Waals surface area contributed by atoms with Gasteiger partial charge < -0.3 is 4.90 Å². The zero-order chi connectivity index (χ0) is 13.8. The van der Waals surface area contributed by atoms with Crippen molar-refractivity contribution in [2.24, 2.45) is 0 Å². The van der Waals surface area contributed by atoms with Crippen molar-refractivity contribution in [3.8, 4) is 0 Å². The average molecular weight is 288 g/mol. The van der Waals surface area contributed by atoms with Gasteiger partial charge in [0, 0.05) is 19.0 Å². The third kappa shape index (κ3) is 3.44. The van der Waals surface area contributed by atoms with Gasteiger partial charge in [-0.3, -0.25) is 4.79 Å². The number of benzene rings is 1. The summed E-state index contributed by atoms with van der Waals surface area (Å²) in [6.45, 7) is 0.504. The fraction of sp³-hybridized carbons (Fsp3) is 0.500. The molecule has 2 nitrogen and oxygen atoms in total. The van der Waals surface area contributed by atoms with Crippen LogP contribution in [0.25, 0.3) is 0 Å². The molecule has 0 bridgehead atoms. The lowest BCUT2D eigenvalue weighted by atomic mass is 10.1. The number of hydrogen-bond donors (Lipinski definition) is 0. The van der Waals surface area contributed by atoms with Crippen molar-refractivity contribution in [3.05, 3.63) is 28.8 Å². The van der Waals surface area contributed by atoms with Crippen molar-refractivity contribution in [1.29, 1.82) is 0 Å². The van der Waals surface area contributed by atoms with E-state index in [1.54, 1.807) is 0 Å². The maximum atomic E-state index is 13.3. The number of rotatable bonds is 1. The Kier molecular flexibility index (Phi) is 4.75. The minimum absolute atomic E-state index is 0.0743. The molecule has 1 aliphatic rings. The Morgan fingerprint density at radius 2 is 1.63 bits per heavy atom. The summed E-state index contributed by atoms with van der Waals surface area (Å²) in [6.07, 6.45) is 5.27. The van der Waals surface area contributed by atoms with Gasteiger partial charge in [0.05, 0.1) is 10.7 Å². The van der Waals surface area contributed by atoms with E-state index < -0.39 is 11.6 Å². The number of amides is 1. The molecule has 5 heteroatoms. The highest BCUT2D eigenvalue weighted by atomic mass is 35.5. The second-order valence-corrected chi connectivity index (χ2v) is 5.19. The van der Waals surface area contributed by atoms with Crippen LogP contribution in [0.3, 0.4) is 0 Å². The van der Waals surface area contributed by atoms with E-state index in [4.69, 9.17) is 11.6 Å². The molecule has 0 radical (unpaired) electrons. The molecule has 1 amide bonds. The molecule has 1 aromatic carbocycles. The Balaban J connectivity index is 2.30. The molecule has 19 heavy (non-hydrogen) atoms. The maximum Gasteiger partial charge on any atom is 0.227 e. The molecule has 0 atom stereocenters. The minimum Gasteiger partial charge on any atom is -0.311 e. The SMILES string of the molecule is O=C1CCCCCCCN1c1cc(F)c(F)cc1Cl. The van der Waals surface area contributed by atoms with Gasteiger partial charge in [-0.15, -0.1) is 0 Å². The highest BCUT2D eigenvalue weighted by Gasteiger charge is 2.20. The molecule has 0 saturated carbocycles. The summed E-state index contributed by atoms with van der Waals surface area (Å²) in [5.74, 6) is -2.05. The Morgan fingerprint density at radius 1 is 1.00 bits per heavy atom. The molecular formula is C14H16ClF2NO. The average Bonchev–Trinajstić information content (AvgIpc) is 2.47. The smallest absolute Gasteiger partial charge is 0.227 e. The second kappa shape index (κ2) is 6.33. The lowest BCUT2D eigenvalue weighted by Gasteiger charge is -2.23. The molecule has 1 fully saturated rings. The summed E-state index contributed by atoms with van der Waals surface area (Å²) in [4.78, 5) is 13.6. The molecule has 104 valence electrons. The van der Waals surface area contributed by atoms with Gasteiger partial charge in [0.1, 0.15) is 0 Å². The van der Waals surface area contributed by atoms with Gasteiger partial charge >= 0.3 is 0 Å². The summed E-state index contributed by atoms with van der Waals surface area (Å²) in [5, 5.41) is 0.0755. The standard InChI is InChI=1S/C14H16ClF2NO/c15-10-8-11(16)12(17)9-13(10)18-7-5-3-1-2-4-6-14(18)19/h8-9H,1-7H2. The van der Waals surface area contributed by atoms with Crippen LogP contribution in [0.1, 0.15) is 38.5 Å². The molecule has 0 aliphatic carbocycles. The molecule has 0 N–H and O–H groups in total. The minimum atomic E-state index is -0.995. The van der Waals surface area contributed by atoms with Crippen LogP contribution in [-0.2, 0) is 4.79 Å². The van der Waals surface area contributed by atoms with E-state index in [9.17, 15) is 13.6 Å². The van der Waals surface area contributed by atoms with Crippen LogP contribution in [-0.4, -0.2) is 12.5 Å². The number of carbonyl (C=O) groups excluding carboxylic acids is 1. The van der Waals surface area contributed by atoms with Gasteiger partial charge in [-0.2, -0.15) is 0 Å². The van der Waals surface area contributed by atoms with Gasteiger partial charge in [0.25, 0.3) is 0 Å². The first-order valence-electron chi connectivity index (χ1n) is 6.54. The highest BCUT2D eigenvalue weighted by Crippen LogP contribution is 2.30. The van der Waals surface area contributed by atoms with E-state index in [0.29, 0.717) is 13.0 Å². The highest BCUT2D eigenvalue weighted by molar-refractivity contribution is 6.33. The van der Waals surface area contributed by atoms with Crippen LogP contribution in [0.15, 0.2) is 12.1 Å². The van der Waals surface area contributed by atoms with Gasteiger partial charge in [-0.05, 0) is 18.9 Å².